The molecule has 1 aliphatic rings. The van der Waals surface area contributed by atoms with Gasteiger partial charge in [0.15, 0.2) is 0 Å². The molecule has 0 atom stereocenters. The SMILES string of the molecule is CC(C)Oc1ccc(C(=O)N2CCN(S(=O)(=O)c3ccc(OC(F)(F)F)cc3)CC2)cn1. The molecule has 1 saturated heterocycles. The van der Waals surface area contributed by atoms with Crippen molar-refractivity contribution in [3.63, 3.8) is 0 Å². The van der Waals surface area contributed by atoms with Crippen molar-refractivity contribution in [2.24, 2.45) is 0 Å². The lowest BCUT2D eigenvalue weighted by Gasteiger charge is -2.34. The molecule has 32 heavy (non-hydrogen) atoms. The smallest absolute Gasteiger partial charge is 0.475 e. The van der Waals surface area contributed by atoms with Crippen molar-refractivity contribution >= 4 is 15.9 Å². The predicted molar refractivity (Wildman–Crippen MR) is 108 cm³/mol. The van der Waals surface area contributed by atoms with E-state index in [0.29, 0.717) is 11.4 Å². The van der Waals surface area contributed by atoms with Gasteiger partial charge in [-0.05, 0) is 44.2 Å². The molecule has 0 radical (unpaired) electrons. The standard InChI is InChI=1S/C20H22F3N3O5S/c1-14(2)30-18-8-3-15(13-24-18)19(27)25-9-11-26(12-10-25)32(28,29)17-6-4-16(5-7-17)31-20(21,22)23/h3-8,13-14H,9-12H2,1-2H3. The first-order chi connectivity index (χ1) is 15.0. The molecule has 0 N–H and O–H groups in total. The Kier molecular flexibility index (Phi) is 6.94. The number of piperazine rings is 1. The Morgan fingerprint density at radius 2 is 1.66 bits per heavy atom. The zero-order valence-electron chi connectivity index (χ0n) is 17.4. The Morgan fingerprint density at radius 1 is 1.03 bits per heavy atom. The predicted octanol–water partition coefficient (Wildman–Crippen LogP) is 2.91. The highest BCUT2D eigenvalue weighted by molar-refractivity contribution is 7.89. The molecular weight excluding hydrogens is 451 g/mol. The molecule has 0 bridgehead atoms. The molecule has 174 valence electrons. The van der Waals surface area contributed by atoms with Crippen LogP contribution in [0.25, 0.3) is 0 Å². The lowest BCUT2D eigenvalue weighted by Crippen LogP contribution is -2.50. The van der Waals surface area contributed by atoms with Gasteiger partial charge in [0.25, 0.3) is 5.91 Å². The van der Waals surface area contributed by atoms with Crippen molar-refractivity contribution in [3.8, 4) is 11.6 Å². The number of pyridine rings is 1. The number of nitrogens with zero attached hydrogens (tertiary/aromatic N) is 3. The summed E-state index contributed by atoms with van der Waals surface area (Å²) in [5.41, 5.74) is 0.359. The van der Waals surface area contributed by atoms with Gasteiger partial charge in [-0.25, -0.2) is 13.4 Å². The van der Waals surface area contributed by atoms with Gasteiger partial charge in [-0.3, -0.25) is 4.79 Å². The van der Waals surface area contributed by atoms with Crippen LogP contribution in [-0.4, -0.2) is 67.2 Å². The van der Waals surface area contributed by atoms with Crippen LogP contribution in [0.3, 0.4) is 0 Å². The number of halogens is 3. The quantitative estimate of drug-likeness (QED) is 0.641. The van der Waals surface area contributed by atoms with E-state index in [0.717, 1.165) is 24.3 Å². The van der Waals surface area contributed by atoms with Crippen LogP contribution in [0.15, 0.2) is 47.5 Å². The van der Waals surface area contributed by atoms with E-state index in [4.69, 9.17) is 4.74 Å². The molecular formula is C20H22F3N3O5S. The highest BCUT2D eigenvalue weighted by Crippen LogP contribution is 2.25. The molecule has 1 amide bonds. The van der Waals surface area contributed by atoms with Gasteiger partial charge in [0.1, 0.15) is 5.75 Å². The molecule has 0 aliphatic carbocycles. The number of amides is 1. The summed E-state index contributed by atoms with van der Waals surface area (Å²) in [6.45, 7) is 4.15. The highest BCUT2D eigenvalue weighted by atomic mass is 32.2. The number of rotatable bonds is 6. The maximum absolute atomic E-state index is 12.8. The topological polar surface area (TPSA) is 89.0 Å². The number of ether oxygens (including phenoxy) is 2. The first-order valence-corrected chi connectivity index (χ1v) is 11.2. The van der Waals surface area contributed by atoms with Crippen molar-refractivity contribution in [2.75, 3.05) is 26.2 Å². The molecule has 0 saturated carbocycles. The van der Waals surface area contributed by atoms with E-state index in [-0.39, 0.29) is 43.1 Å². The number of alkyl halides is 3. The fourth-order valence-corrected chi connectivity index (χ4v) is 4.52. The van der Waals surface area contributed by atoms with Crippen LogP contribution in [0.5, 0.6) is 11.6 Å². The van der Waals surface area contributed by atoms with Gasteiger partial charge in [0.2, 0.25) is 15.9 Å². The summed E-state index contributed by atoms with van der Waals surface area (Å²) in [5, 5.41) is 0. The van der Waals surface area contributed by atoms with Crippen molar-refractivity contribution in [1.29, 1.82) is 0 Å². The first kappa shape index (κ1) is 23.8. The Balaban J connectivity index is 1.61. The van der Waals surface area contributed by atoms with Crippen LogP contribution < -0.4 is 9.47 Å². The summed E-state index contributed by atoms with van der Waals surface area (Å²) in [4.78, 5) is 18.1. The van der Waals surface area contributed by atoms with Crippen LogP contribution in [-0.2, 0) is 10.0 Å². The molecule has 0 unspecified atom stereocenters. The third-order valence-electron chi connectivity index (χ3n) is 4.56. The fraction of sp³-hybridized carbons (Fsp3) is 0.400. The van der Waals surface area contributed by atoms with E-state index in [9.17, 15) is 26.4 Å². The van der Waals surface area contributed by atoms with Crippen LogP contribution in [0.4, 0.5) is 13.2 Å². The van der Waals surface area contributed by atoms with Crippen molar-refractivity contribution in [1.82, 2.24) is 14.2 Å². The molecule has 0 spiro atoms. The largest absolute Gasteiger partial charge is 0.573 e. The second-order valence-electron chi connectivity index (χ2n) is 7.27. The minimum absolute atomic E-state index is 0.0487. The fourth-order valence-electron chi connectivity index (χ4n) is 3.09. The average molecular weight is 473 g/mol. The number of carbonyl (C=O) groups excluding carboxylic acids is 1. The van der Waals surface area contributed by atoms with E-state index in [1.165, 1.54) is 15.4 Å². The molecule has 1 aromatic carbocycles. The van der Waals surface area contributed by atoms with Crippen LogP contribution >= 0.6 is 0 Å². The Bertz CT molecular complexity index is 1030. The summed E-state index contributed by atoms with van der Waals surface area (Å²) in [6.07, 6.45) is -3.50. The van der Waals surface area contributed by atoms with Crippen molar-refractivity contribution in [2.45, 2.75) is 31.2 Å². The molecule has 1 fully saturated rings. The minimum Gasteiger partial charge on any atom is -0.475 e. The molecule has 12 heteroatoms. The van der Waals surface area contributed by atoms with E-state index in [2.05, 4.69) is 9.72 Å². The Morgan fingerprint density at radius 3 is 2.16 bits per heavy atom. The summed E-state index contributed by atoms with van der Waals surface area (Å²) in [5.74, 6) is -0.385. The molecule has 1 aliphatic heterocycles. The Hall–Kier alpha value is -2.86. The molecule has 3 rings (SSSR count). The summed E-state index contributed by atoms with van der Waals surface area (Å²) in [7, 11) is -3.92. The number of sulfonamides is 1. The molecule has 1 aromatic heterocycles. The van der Waals surface area contributed by atoms with E-state index < -0.39 is 22.1 Å². The molecule has 2 heterocycles. The number of benzene rings is 1. The minimum atomic E-state index is -4.86. The van der Waals surface area contributed by atoms with Gasteiger partial charge in [-0.1, -0.05) is 0 Å². The zero-order chi connectivity index (χ0) is 23.5. The van der Waals surface area contributed by atoms with E-state index in [1.807, 2.05) is 13.8 Å². The van der Waals surface area contributed by atoms with Gasteiger partial charge in [0.05, 0.1) is 16.6 Å². The van der Waals surface area contributed by atoms with Crippen LogP contribution in [0.2, 0.25) is 0 Å². The zero-order valence-corrected chi connectivity index (χ0v) is 18.2. The van der Waals surface area contributed by atoms with Gasteiger partial charge < -0.3 is 14.4 Å². The summed E-state index contributed by atoms with van der Waals surface area (Å²) < 4.78 is 72.8. The molecule has 8 nitrogen and oxygen atoms in total. The lowest BCUT2D eigenvalue weighted by molar-refractivity contribution is -0.274. The first-order valence-electron chi connectivity index (χ1n) is 9.73. The number of carbonyl (C=O) groups is 1. The number of hydrogen-bond acceptors (Lipinski definition) is 6. The highest BCUT2D eigenvalue weighted by Gasteiger charge is 2.33. The number of hydrogen-bond donors (Lipinski definition) is 0. The van der Waals surface area contributed by atoms with E-state index in [1.54, 1.807) is 12.1 Å². The van der Waals surface area contributed by atoms with Crippen molar-refractivity contribution in [3.05, 3.63) is 48.2 Å². The van der Waals surface area contributed by atoms with Gasteiger partial charge in [0, 0.05) is 38.4 Å². The Labute approximate surface area is 183 Å². The maximum Gasteiger partial charge on any atom is 0.573 e. The van der Waals surface area contributed by atoms with Crippen LogP contribution in [0, 0.1) is 0 Å². The van der Waals surface area contributed by atoms with E-state index >= 15 is 0 Å². The second kappa shape index (κ2) is 9.33. The number of aromatic nitrogens is 1. The molecule has 2 aromatic rings. The third-order valence-corrected chi connectivity index (χ3v) is 6.47. The third kappa shape index (κ3) is 5.88. The summed E-state index contributed by atoms with van der Waals surface area (Å²) >= 11 is 0. The van der Waals surface area contributed by atoms with Gasteiger partial charge in [-0.2, -0.15) is 4.31 Å². The lowest BCUT2D eigenvalue weighted by atomic mass is 10.2. The summed E-state index contributed by atoms with van der Waals surface area (Å²) in [6, 6.07) is 7.20. The van der Waals surface area contributed by atoms with Crippen molar-refractivity contribution < 1.29 is 35.9 Å². The normalized spacial score (nSPS) is 15.6. The van der Waals surface area contributed by atoms with Gasteiger partial charge >= 0.3 is 6.36 Å². The van der Waals surface area contributed by atoms with Gasteiger partial charge in [-0.15, -0.1) is 13.2 Å². The second-order valence-corrected chi connectivity index (χ2v) is 9.21. The monoisotopic (exact) mass is 473 g/mol. The average Bonchev–Trinajstić information content (AvgIpc) is 2.73. The maximum atomic E-state index is 12.8. The van der Waals surface area contributed by atoms with Crippen LogP contribution in [0.1, 0.15) is 24.2 Å².